The average Bonchev–Trinajstić information content (AvgIpc) is 2.81. The highest BCUT2D eigenvalue weighted by atomic mass is 16.6. The molecule has 34 heavy (non-hydrogen) atoms. The molecule has 7 heteroatoms. The molecule has 7 nitrogen and oxygen atoms in total. The quantitative estimate of drug-likeness (QED) is 0.155. The van der Waals surface area contributed by atoms with Crippen molar-refractivity contribution in [1.29, 1.82) is 0 Å². The number of aryl methyl sites for hydroxylation is 1. The van der Waals surface area contributed by atoms with Crippen molar-refractivity contribution in [2.75, 3.05) is 10.6 Å². The summed E-state index contributed by atoms with van der Waals surface area (Å²) in [6, 6.07) is 13.9. The number of carbonyl (C=O) groups excluding carboxylic acids is 2. The van der Waals surface area contributed by atoms with Crippen LogP contribution in [0, 0.1) is 17.0 Å². The molecule has 0 atom stereocenters. The van der Waals surface area contributed by atoms with E-state index in [1.54, 1.807) is 12.1 Å². The van der Waals surface area contributed by atoms with E-state index >= 15 is 0 Å². The van der Waals surface area contributed by atoms with Crippen LogP contribution in [0.15, 0.2) is 48.5 Å². The SMILES string of the molecule is Cc1ccc(NC(=O)CCCCCCCCCCCCC(=O)Nc2cccc([N+](=O)[O-])c2)cc1. The van der Waals surface area contributed by atoms with Crippen molar-refractivity contribution >= 4 is 28.9 Å². The van der Waals surface area contributed by atoms with Gasteiger partial charge in [0.05, 0.1) is 4.92 Å². The summed E-state index contributed by atoms with van der Waals surface area (Å²) in [5, 5.41) is 16.5. The van der Waals surface area contributed by atoms with Crippen LogP contribution in [0.1, 0.15) is 82.6 Å². The fourth-order valence-electron chi connectivity index (χ4n) is 3.77. The van der Waals surface area contributed by atoms with E-state index < -0.39 is 4.92 Å². The van der Waals surface area contributed by atoms with Crippen molar-refractivity contribution in [2.45, 2.75) is 84.0 Å². The minimum Gasteiger partial charge on any atom is -0.326 e. The van der Waals surface area contributed by atoms with Crippen molar-refractivity contribution < 1.29 is 14.5 Å². The van der Waals surface area contributed by atoms with Gasteiger partial charge in [-0.25, -0.2) is 0 Å². The molecule has 0 aromatic heterocycles. The average molecular weight is 468 g/mol. The molecule has 0 aliphatic rings. The van der Waals surface area contributed by atoms with Gasteiger partial charge in [-0.1, -0.05) is 75.1 Å². The third kappa shape index (κ3) is 11.6. The maximum absolute atomic E-state index is 12.0. The number of hydrogen-bond donors (Lipinski definition) is 2. The van der Waals surface area contributed by atoms with Crippen LogP contribution in [0.3, 0.4) is 0 Å². The first-order valence-electron chi connectivity index (χ1n) is 12.3. The van der Waals surface area contributed by atoms with Gasteiger partial charge in [0.25, 0.3) is 5.69 Å². The molecule has 0 spiro atoms. The highest BCUT2D eigenvalue weighted by Crippen LogP contribution is 2.18. The number of unbranched alkanes of at least 4 members (excludes halogenated alkanes) is 9. The number of non-ortho nitro benzene ring substituents is 1. The smallest absolute Gasteiger partial charge is 0.271 e. The third-order valence-corrected chi connectivity index (χ3v) is 5.73. The molecule has 2 amide bonds. The number of benzene rings is 2. The lowest BCUT2D eigenvalue weighted by molar-refractivity contribution is -0.384. The molecule has 2 aromatic rings. The second kappa shape index (κ2) is 15.6. The number of nitrogens with zero attached hydrogens (tertiary/aromatic N) is 1. The van der Waals surface area contributed by atoms with Crippen molar-refractivity contribution in [3.8, 4) is 0 Å². The molecule has 0 saturated carbocycles. The van der Waals surface area contributed by atoms with Gasteiger partial charge in [-0.2, -0.15) is 0 Å². The Hall–Kier alpha value is -3.22. The number of rotatable bonds is 16. The topological polar surface area (TPSA) is 101 Å². The molecule has 0 heterocycles. The summed E-state index contributed by atoms with van der Waals surface area (Å²) in [6.07, 6.45) is 11.9. The van der Waals surface area contributed by atoms with Crippen molar-refractivity contribution in [3.63, 3.8) is 0 Å². The van der Waals surface area contributed by atoms with Crippen LogP contribution in [0.5, 0.6) is 0 Å². The molecule has 0 radical (unpaired) electrons. The van der Waals surface area contributed by atoms with Crippen LogP contribution < -0.4 is 10.6 Å². The molecular formula is C27H37N3O4. The Morgan fingerprint density at radius 3 is 1.68 bits per heavy atom. The molecular weight excluding hydrogens is 430 g/mol. The van der Waals surface area contributed by atoms with Crippen LogP contribution >= 0.6 is 0 Å². The van der Waals surface area contributed by atoms with E-state index in [2.05, 4.69) is 10.6 Å². The number of nitro benzene ring substituents is 1. The summed E-state index contributed by atoms with van der Waals surface area (Å²) in [5.74, 6) is -0.0179. The van der Waals surface area contributed by atoms with E-state index in [0.717, 1.165) is 44.2 Å². The largest absolute Gasteiger partial charge is 0.326 e. The summed E-state index contributed by atoms with van der Waals surface area (Å²) in [6.45, 7) is 2.03. The van der Waals surface area contributed by atoms with Crippen molar-refractivity contribution in [2.24, 2.45) is 0 Å². The maximum Gasteiger partial charge on any atom is 0.271 e. The Morgan fingerprint density at radius 2 is 1.18 bits per heavy atom. The van der Waals surface area contributed by atoms with Crippen LogP contribution in [0.2, 0.25) is 0 Å². The van der Waals surface area contributed by atoms with Gasteiger partial charge in [0.2, 0.25) is 11.8 Å². The minimum atomic E-state index is -0.470. The number of nitro groups is 1. The fraction of sp³-hybridized carbons (Fsp3) is 0.481. The predicted octanol–water partition coefficient (Wildman–Crippen LogP) is 7.16. The Balaban J connectivity index is 1.39. The van der Waals surface area contributed by atoms with Gasteiger partial charge in [0.1, 0.15) is 0 Å². The van der Waals surface area contributed by atoms with Gasteiger partial charge in [-0.3, -0.25) is 19.7 Å². The van der Waals surface area contributed by atoms with Crippen LogP contribution in [0.25, 0.3) is 0 Å². The monoisotopic (exact) mass is 467 g/mol. The first kappa shape index (κ1) is 27.0. The third-order valence-electron chi connectivity index (χ3n) is 5.73. The first-order valence-corrected chi connectivity index (χ1v) is 12.3. The number of anilines is 2. The lowest BCUT2D eigenvalue weighted by atomic mass is 10.0. The van der Waals surface area contributed by atoms with Crippen LogP contribution in [-0.4, -0.2) is 16.7 Å². The van der Waals surface area contributed by atoms with E-state index in [-0.39, 0.29) is 17.5 Å². The zero-order valence-corrected chi connectivity index (χ0v) is 20.2. The van der Waals surface area contributed by atoms with Gasteiger partial charge >= 0.3 is 0 Å². The minimum absolute atomic E-state index is 0.0265. The predicted molar refractivity (Wildman–Crippen MR) is 137 cm³/mol. The molecule has 0 aliphatic carbocycles. The Bertz CT molecular complexity index is 912. The molecule has 0 fully saturated rings. The first-order chi connectivity index (χ1) is 16.4. The maximum atomic E-state index is 12.0. The molecule has 2 rings (SSSR count). The highest BCUT2D eigenvalue weighted by molar-refractivity contribution is 5.91. The summed E-state index contributed by atoms with van der Waals surface area (Å²) >= 11 is 0. The Kier molecular flexibility index (Phi) is 12.4. The standard InChI is InChI=1S/C27H37N3O4/c1-22-17-19-23(20-18-22)28-26(31)15-10-8-6-4-2-3-5-7-9-11-16-27(32)29-24-13-12-14-25(21-24)30(33)34/h12-14,17-21H,2-11,15-16H2,1H3,(H,28,31)(H,29,32). The number of amides is 2. The van der Waals surface area contributed by atoms with Gasteiger partial charge < -0.3 is 10.6 Å². The normalized spacial score (nSPS) is 10.6. The molecule has 0 unspecified atom stereocenters. The van der Waals surface area contributed by atoms with Crippen LogP contribution in [-0.2, 0) is 9.59 Å². The number of nitrogens with one attached hydrogen (secondary N) is 2. The fourth-order valence-corrected chi connectivity index (χ4v) is 3.77. The van der Waals surface area contributed by atoms with E-state index in [1.165, 1.54) is 43.4 Å². The highest BCUT2D eigenvalue weighted by Gasteiger charge is 2.08. The summed E-state index contributed by atoms with van der Waals surface area (Å²) in [4.78, 5) is 34.3. The summed E-state index contributed by atoms with van der Waals surface area (Å²) in [5.41, 5.74) is 2.48. The molecule has 0 saturated heterocycles. The van der Waals surface area contributed by atoms with E-state index in [1.807, 2.05) is 31.2 Å². The van der Waals surface area contributed by atoms with Gasteiger partial charge in [0, 0.05) is 36.3 Å². The summed E-state index contributed by atoms with van der Waals surface area (Å²) in [7, 11) is 0. The lowest BCUT2D eigenvalue weighted by Crippen LogP contribution is -2.11. The van der Waals surface area contributed by atoms with Crippen molar-refractivity contribution in [3.05, 3.63) is 64.2 Å². The zero-order chi connectivity index (χ0) is 24.6. The molecule has 0 aliphatic heterocycles. The van der Waals surface area contributed by atoms with Gasteiger partial charge in [-0.05, 0) is 38.0 Å². The van der Waals surface area contributed by atoms with Gasteiger partial charge in [0.15, 0.2) is 0 Å². The van der Waals surface area contributed by atoms with E-state index in [9.17, 15) is 19.7 Å². The van der Waals surface area contributed by atoms with E-state index in [4.69, 9.17) is 0 Å². The second-order valence-corrected chi connectivity index (χ2v) is 8.81. The number of carbonyl (C=O) groups is 2. The van der Waals surface area contributed by atoms with E-state index in [0.29, 0.717) is 18.5 Å². The lowest BCUT2D eigenvalue weighted by Gasteiger charge is -2.06. The Labute approximate surface area is 202 Å². The molecule has 2 N–H and O–H groups in total. The molecule has 184 valence electrons. The second-order valence-electron chi connectivity index (χ2n) is 8.81. The summed E-state index contributed by atoms with van der Waals surface area (Å²) < 4.78 is 0. The zero-order valence-electron chi connectivity index (χ0n) is 20.2. The molecule has 0 bridgehead atoms. The molecule has 2 aromatic carbocycles. The Morgan fingerprint density at radius 1 is 0.706 bits per heavy atom. The van der Waals surface area contributed by atoms with Gasteiger partial charge in [-0.15, -0.1) is 0 Å². The van der Waals surface area contributed by atoms with Crippen LogP contribution in [0.4, 0.5) is 17.1 Å². The number of hydrogen-bond acceptors (Lipinski definition) is 4. The van der Waals surface area contributed by atoms with Crippen molar-refractivity contribution in [1.82, 2.24) is 0 Å².